The summed E-state index contributed by atoms with van der Waals surface area (Å²) in [5.74, 6) is 0. The molecule has 3 rings (SSSR count). The minimum Gasteiger partial charge on any atom is -0.443 e. The SMILES string of the molecule is CC(C)(C)OC(=O)n1c2ccc(I)cc2c2cc(I)ccc21. The molecule has 0 radical (unpaired) electrons. The lowest BCUT2D eigenvalue weighted by molar-refractivity contribution is 0.0551. The molecule has 0 aliphatic carbocycles. The van der Waals surface area contributed by atoms with Crippen LogP contribution in [0.2, 0.25) is 0 Å². The zero-order valence-corrected chi connectivity index (χ0v) is 16.8. The van der Waals surface area contributed by atoms with Crippen LogP contribution >= 0.6 is 45.2 Å². The standard InChI is InChI=1S/C17H15I2NO2/c1-17(2,3)22-16(21)20-14-6-4-10(18)8-12(14)13-9-11(19)5-7-15(13)20/h4-9H,1-3H3. The van der Waals surface area contributed by atoms with Crippen LogP contribution in [0, 0.1) is 7.14 Å². The van der Waals surface area contributed by atoms with E-state index in [0.29, 0.717) is 0 Å². The van der Waals surface area contributed by atoms with E-state index in [1.165, 1.54) is 0 Å². The van der Waals surface area contributed by atoms with E-state index in [1.807, 2.05) is 45.0 Å². The van der Waals surface area contributed by atoms with Crippen LogP contribution in [-0.2, 0) is 4.74 Å². The quantitative estimate of drug-likeness (QED) is 0.353. The summed E-state index contributed by atoms with van der Waals surface area (Å²) < 4.78 is 9.54. The molecule has 22 heavy (non-hydrogen) atoms. The monoisotopic (exact) mass is 519 g/mol. The first-order valence-electron chi connectivity index (χ1n) is 6.89. The van der Waals surface area contributed by atoms with Gasteiger partial charge in [-0.05, 0) is 102 Å². The highest BCUT2D eigenvalue weighted by molar-refractivity contribution is 14.1. The Bertz CT molecular complexity index is 832. The van der Waals surface area contributed by atoms with Crippen LogP contribution in [-0.4, -0.2) is 16.3 Å². The van der Waals surface area contributed by atoms with Gasteiger partial charge in [0.15, 0.2) is 0 Å². The van der Waals surface area contributed by atoms with Gasteiger partial charge in [-0.3, -0.25) is 0 Å². The highest BCUT2D eigenvalue weighted by Gasteiger charge is 2.22. The Morgan fingerprint density at radius 3 is 1.82 bits per heavy atom. The van der Waals surface area contributed by atoms with Gasteiger partial charge in [-0.15, -0.1) is 0 Å². The van der Waals surface area contributed by atoms with Gasteiger partial charge in [0.2, 0.25) is 0 Å². The number of rotatable bonds is 0. The topological polar surface area (TPSA) is 31.2 Å². The minimum atomic E-state index is -0.521. The lowest BCUT2D eigenvalue weighted by Gasteiger charge is -2.20. The Balaban J connectivity index is 2.34. The second-order valence-electron chi connectivity index (χ2n) is 6.14. The van der Waals surface area contributed by atoms with Crippen LogP contribution in [0.1, 0.15) is 20.8 Å². The zero-order chi connectivity index (χ0) is 16.1. The molecule has 2 aromatic carbocycles. The molecule has 3 aromatic rings. The fourth-order valence-electron chi connectivity index (χ4n) is 2.47. The molecule has 0 spiro atoms. The van der Waals surface area contributed by atoms with Gasteiger partial charge >= 0.3 is 6.09 Å². The Kier molecular flexibility index (Phi) is 4.13. The van der Waals surface area contributed by atoms with Gasteiger partial charge in [-0.25, -0.2) is 9.36 Å². The molecule has 0 aliphatic heterocycles. The van der Waals surface area contributed by atoms with Gasteiger partial charge in [0.1, 0.15) is 5.60 Å². The van der Waals surface area contributed by atoms with Crippen molar-refractivity contribution in [3.63, 3.8) is 0 Å². The summed E-state index contributed by atoms with van der Waals surface area (Å²) in [6.45, 7) is 5.64. The predicted octanol–water partition coefficient (Wildman–Crippen LogP) is 5.79. The second kappa shape index (κ2) is 5.67. The molecule has 0 atom stereocenters. The number of carbonyl (C=O) groups is 1. The van der Waals surface area contributed by atoms with Crippen molar-refractivity contribution in [3.8, 4) is 0 Å². The number of carbonyl (C=O) groups excluding carboxylic acids is 1. The summed E-state index contributed by atoms with van der Waals surface area (Å²) >= 11 is 4.58. The number of benzene rings is 2. The molecule has 0 unspecified atom stereocenters. The van der Waals surface area contributed by atoms with E-state index in [-0.39, 0.29) is 6.09 Å². The molecule has 0 amide bonds. The molecule has 3 nitrogen and oxygen atoms in total. The number of hydrogen-bond donors (Lipinski definition) is 0. The van der Waals surface area contributed by atoms with E-state index in [2.05, 4.69) is 57.3 Å². The average Bonchev–Trinajstić information content (AvgIpc) is 2.70. The van der Waals surface area contributed by atoms with Crippen molar-refractivity contribution in [1.82, 2.24) is 4.57 Å². The smallest absolute Gasteiger partial charge is 0.419 e. The number of nitrogens with zero attached hydrogens (tertiary/aromatic N) is 1. The minimum absolute atomic E-state index is 0.338. The molecule has 0 saturated heterocycles. The van der Waals surface area contributed by atoms with Gasteiger partial charge in [0.25, 0.3) is 0 Å². The Morgan fingerprint density at radius 1 is 0.955 bits per heavy atom. The van der Waals surface area contributed by atoms with Crippen molar-refractivity contribution >= 4 is 73.1 Å². The third-order valence-electron chi connectivity index (χ3n) is 3.27. The number of fused-ring (bicyclic) bond motifs is 3. The van der Waals surface area contributed by atoms with Crippen molar-refractivity contribution in [2.75, 3.05) is 0 Å². The maximum Gasteiger partial charge on any atom is 0.419 e. The highest BCUT2D eigenvalue weighted by Crippen LogP contribution is 2.32. The molecule has 1 heterocycles. The summed E-state index contributed by atoms with van der Waals surface area (Å²) in [5, 5.41) is 2.15. The molecule has 0 aliphatic rings. The first-order valence-corrected chi connectivity index (χ1v) is 9.04. The normalized spacial score (nSPS) is 12.0. The Hall–Kier alpha value is -0.830. The average molecular weight is 519 g/mol. The van der Waals surface area contributed by atoms with E-state index < -0.39 is 5.60 Å². The molecular weight excluding hydrogens is 504 g/mol. The van der Waals surface area contributed by atoms with Crippen molar-refractivity contribution in [2.24, 2.45) is 0 Å². The van der Waals surface area contributed by atoms with Crippen LogP contribution in [0.3, 0.4) is 0 Å². The van der Waals surface area contributed by atoms with Crippen molar-refractivity contribution < 1.29 is 9.53 Å². The molecule has 0 saturated carbocycles. The highest BCUT2D eigenvalue weighted by atomic mass is 127. The van der Waals surface area contributed by atoms with Gasteiger partial charge in [-0.1, -0.05) is 0 Å². The van der Waals surface area contributed by atoms with Crippen LogP contribution in [0.25, 0.3) is 21.8 Å². The van der Waals surface area contributed by atoms with Crippen LogP contribution in [0.5, 0.6) is 0 Å². The number of aromatic nitrogens is 1. The van der Waals surface area contributed by atoms with Crippen LogP contribution in [0.4, 0.5) is 4.79 Å². The van der Waals surface area contributed by atoms with Crippen molar-refractivity contribution in [2.45, 2.75) is 26.4 Å². The third kappa shape index (κ3) is 2.97. The molecule has 0 N–H and O–H groups in total. The van der Waals surface area contributed by atoms with Gasteiger partial charge in [0, 0.05) is 17.9 Å². The van der Waals surface area contributed by atoms with E-state index >= 15 is 0 Å². The summed E-state index contributed by atoms with van der Waals surface area (Å²) in [6.07, 6.45) is -0.338. The molecule has 1 aromatic heterocycles. The predicted molar refractivity (Wildman–Crippen MR) is 107 cm³/mol. The zero-order valence-electron chi connectivity index (χ0n) is 12.5. The van der Waals surface area contributed by atoms with Crippen molar-refractivity contribution in [3.05, 3.63) is 43.5 Å². The fraction of sp³-hybridized carbons (Fsp3) is 0.235. The van der Waals surface area contributed by atoms with Crippen molar-refractivity contribution in [1.29, 1.82) is 0 Å². The van der Waals surface area contributed by atoms with E-state index in [0.717, 1.165) is 28.9 Å². The number of ether oxygens (including phenoxy) is 1. The van der Waals surface area contributed by atoms with Gasteiger partial charge in [-0.2, -0.15) is 0 Å². The Morgan fingerprint density at radius 2 is 1.41 bits per heavy atom. The first kappa shape index (κ1) is 16.0. The first-order chi connectivity index (χ1) is 10.3. The lowest BCUT2D eigenvalue weighted by atomic mass is 10.2. The molecule has 114 valence electrons. The number of halogens is 2. The summed E-state index contributed by atoms with van der Waals surface area (Å²) in [5.41, 5.74) is 1.24. The molecule has 0 bridgehead atoms. The van der Waals surface area contributed by atoms with Crippen LogP contribution < -0.4 is 0 Å². The third-order valence-corrected chi connectivity index (χ3v) is 4.61. The van der Waals surface area contributed by atoms with Gasteiger partial charge in [0.05, 0.1) is 11.0 Å². The summed E-state index contributed by atoms with van der Waals surface area (Å²) in [6, 6.07) is 12.2. The molecule has 5 heteroatoms. The Labute approximate surface area is 156 Å². The second-order valence-corrected chi connectivity index (χ2v) is 8.63. The molecule has 0 fully saturated rings. The summed E-state index contributed by atoms with van der Waals surface area (Å²) in [4.78, 5) is 12.7. The largest absolute Gasteiger partial charge is 0.443 e. The fourth-order valence-corrected chi connectivity index (χ4v) is 3.45. The van der Waals surface area contributed by atoms with E-state index in [1.54, 1.807) is 4.57 Å². The maximum atomic E-state index is 12.7. The lowest BCUT2D eigenvalue weighted by Crippen LogP contribution is -2.27. The van der Waals surface area contributed by atoms with E-state index in [9.17, 15) is 4.79 Å². The van der Waals surface area contributed by atoms with E-state index in [4.69, 9.17) is 4.74 Å². The van der Waals surface area contributed by atoms with Gasteiger partial charge < -0.3 is 4.74 Å². The molecular formula is C17H15I2NO2. The van der Waals surface area contributed by atoms with Crippen LogP contribution in [0.15, 0.2) is 36.4 Å². The maximum absolute atomic E-state index is 12.7. The number of hydrogen-bond acceptors (Lipinski definition) is 2. The summed E-state index contributed by atoms with van der Waals surface area (Å²) in [7, 11) is 0.